The fourth-order valence-corrected chi connectivity index (χ4v) is 2.72. The minimum Gasteiger partial charge on any atom is -0.368 e. The van der Waals surface area contributed by atoms with Crippen molar-refractivity contribution in [1.29, 1.82) is 0 Å². The molecule has 0 fully saturated rings. The predicted octanol–water partition coefficient (Wildman–Crippen LogP) is 1.20. The Labute approximate surface area is 92.2 Å². The minimum atomic E-state index is -1.23. The number of nitrogens with zero attached hydrogens (tertiary/aromatic N) is 1. The standard InChI is InChI=1S/C11H14NO2S/c1-8-12(7-6-11(13)14)9-4-2-3-5-10(9)15-8/h2-5,11,13-14H,6-7H2,1H3/q+1. The van der Waals surface area contributed by atoms with Crippen molar-refractivity contribution in [2.24, 2.45) is 0 Å². The van der Waals surface area contributed by atoms with Crippen LogP contribution in [0.4, 0.5) is 0 Å². The molecule has 0 saturated carbocycles. The van der Waals surface area contributed by atoms with E-state index < -0.39 is 6.29 Å². The summed E-state index contributed by atoms with van der Waals surface area (Å²) in [6, 6.07) is 8.16. The van der Waals surface area contributed by atoms with E-state index in [2.05, 4.69) is 23.6 Å². The van der Waals surface area contributed by atoms with Crippen LogP contribution in [0.25, 0.3) is 10.2 Å². The molecule has 0 unspecified atom stereocenters. The number of hydrogen-bond donors (Lipinski definition) is 2. The smallest absolute Gasteiger partial charge is 0.235 e. The zero-order valence-corrected chi connectivity index (χ0v) is 9.37. The largest absolute Gasteiger partial charge is 0.368 e. The summed E-state index contributed by atoms with van der Waals surface area (Å²) in [6.07, 6.45) is -0.859. The highest BCUT2D eigenvalue weighted by atomic mass is 32.1. The first-order valence-electron chi connectivity index (χ1n) is 4.92. The number of rotatable bonds is 3. The molecule has 0 aliphatic heterocycles. The Hall–Kier alpha value is -0.970. The van der Waals surface area contributed by atoms with Crippen LogP contribution >= 0.6 is 11.3 Å². The highest BCUT2D eigenvalue weighted by Crippen LogP contribution is 2.19. The monoisotopic (exact) mass is 224 g/mol. The van der Waals surface area contributed by atoms with E-state index in [-0.39, 0.29) is 0 Å². The molecule has 4 heteroatoms. The molecule has 2 aromatic rings. The summed E-state index contributed by atoms with van der Waals surface area (Å²) in [4.78, 5) is 0. The zero-order valence-electron chi connectivity index (χ0n) is 8.55. The number of benzene rings is 1. The van der Waals surface area contributed by atoms with E-state index in [0.717, 1.165) is 0 Å². The molecule has 2 rings (SSSR count). The van der Waals surface area contributed by atoms with Gasteiger partial charge in [-0.25, -0.2) is 0 Å². The zero-order chi connectivity index (χ0) is 10.8. The molecular formula is C11H14NO2S+. The molecule has 1 aromatic heterocycles. The highest BCUT2D eigenvalue weighted by molar-refractivity contribution is 7.18. The third kappa shape index (κ3) is 2.17. The molecule has 0 atom stereocenters. The van der Waals surface area contributed by atoms with Crippen molar-refractivity contribution in [1.82, 2.24) is 0 Å². The lowest BCUT2D eigenvalue weighted by Crippen LogP contribution is -2.36. The van der Waals surface area contributed by atoms with Crippen molar-refractivity contribution in [3.8, 4) is 0 Å². The van der Waals surface area contributed by atoms with Crippen LogP contribution < -0.4 is 4.57 Å². The summed E-state index contributed by atoms with van der Waals surface area (Å²) in [6.45, 7) is 2.70. The molecule has 2 N–H and O–H groups in total. The van der Waals surface area contributed by atoms with Gasteiger partial charge in [0.05, 0.1) is 6.42 Å². The van der Waals surface area contributed by atoms with E-state index in [9.17, 15) is 0 Å². The van der Waals surface area contributed by atoms with Gasteiger partial charge >= 0.3 is 0 Å². The number of para-hydroxylation sites is 1. The first-order valence-corrected chi connectivity index (χ1v) is 5.74. The van der Waals surface area contributed by atoms with Gasteiger partial charge in [0.25, 0.3) is 0 Å². The van der Waals surface area contributed by atoms with Crippen molar-refractivity contribution in [2.75, 3.05) is 0 Å². The Balaban J connectivity index is 2.36. The van der Waals surface area contributed by atoms with Crippen LogP contribution in [0.2, 0.25) is 0 Å². The molecular weight excluding hydrogens is 210 g/mol. The fourth-order valence-electron chi connectivity index (χ4n) is 1.67. The summed E-state index contributed by atoms with van der Waals surface area (Å²) in [5.74, 6) is 0. The van der Waals surface area contributed by atoms with E-state index >= 15 is 0 Å². The molecule has 15 heavy (non-hydrogen) atoms. The second-order valence-corrected chi connectivity index (χ2v) is 4.74. The molecule has 80 valence electrons. The van der Waals surface area contributed by atoms with E-state index in [1.54, 1.807) is 11.3 Å². The number of thiazole rings is 1. The van der Waals surface area contributed by atoms with Gasteiger partial charge in [-0.1, -0.05) is 23.5 Å². The van der Waals surface area contributed by atoms with Crippen LogP contribution in [0, 0.1) is 6.92 Å². The molecule has 0 saturated heterocycles. The number of fused-ring (bicyclic) bond motifs is 1. The Morgan fingerprint density at radius 1 is 1.33 bits per heavy atom. The maximum atomic E-state index is 8.86. The number of aliphatic hydroxyl groups excluding tert-OH is 1. The Morgan fingerprint density at radius 2 is 2.07 bits per heavy atom. The lowest BCUT2D eigenvalue weighted by Gasteiger charge is -1.99. The third-order valence-electron chi connectivity index (χ3n) is 2.40. The Morgan fingerprint density at radius 3 is 2.80 bits per heavy atom. The van der Waals surface area contributed by atoms with E-state index in [0.29, 0.717) is 13.0 Å². The van der Waals surface area contributed by atoms with Crippen LogP contribution in [0.1, 0.15) is 11.4 Å². The lowest BCUT2D eigenvalue weighted by molar-refractivity contribution is -0.675. The highest BCUT2D eigenvalue weighted by Gasteiger charge is 2.16. The first-order chi connectivity index (χ1) is 7.18. The second-order valence-electron chi connectivity index (χ2n) is 3.51. The number of aliphatic hydroxyl groups is 2. The number of hydrogen-bond acceptors (Lipinski definition) is 3. The van der Waals surface area contributed by atoms with Crippen LogP contribution in [0.15, 0.2) is 24.3 Å². The summed E-state index contributed by atoms with van der Waals surface area (Å²) in [5, 5.41) is 18.9. The maximum absolute atomic E-state index is 8.86. The molecule has 1 aromatic carbocycles. The van der Waals surface area contributed by atoms with Crippen molar-refractivity contribution in [2.45, 2.75) is 26.2 Å². The average molecular weight is 224 g/mol. The number of aryl methyl sites for hydroxylation is 2. The minimum absolute atomic E-state index is 0.367. The average Bonchev–Trinajstić information content (AvgIpc) is 2.50. The quantitative estimate of drug-likeness (QED) is 0.608. The van der Waals surface area contributed by atoms with Crippen LogP contribution in [0.3, 0.4) is 0 Å². The normalized spacial score (nSPS) is 11.5. The SMILES string of the molecule is Cc1sc2ccccc2[n+]1CCC(O)O. The Bertz CT molecular complexity index is 465. The van der Waals surface area contributed by atoms with Gasteiger partial charge in [0.15, 0.2) is 12.8 Å². The predicted molar refractivity (Wildman–Crippen MR) is 59.6 cm³/mol. The molecule has 0 aliphatic carbocycles. The summed E-state index contributed by atoms with van der Waals surface area (Å²) < 4.78 is 3.36. The number of aromatic nitrogens is 1. The summed E-state index contributed by atoms with van der Waals surface area (Å²) >= 11 is 1.73. The van der Waals surface area contributed by atoms with Gasteiger partial charge in [0, 0.05) is 13.0 Å². The van der Waals surface area contributed by atoms with Gasteiger partial charge in [-0.15, -0.1) is 0 Å². The second kappa shape index (κ2) is 4.26. The van der Waals surface area contributed by atoms with Gasteiger partial charge in [0.2, 0.25) is 10.5 Å². The lowest BCUT2D eigenvalue weighted by atomic mass is 10.3. The van der Waals surface area contributed by atoms with Crippen LogP contribution in [-0.2, 0) is 6.54 Å². The van der Waals surface area contributed by atoms with Crippen molar-refractivity contribution < 1.29 is 14.8 Å². The molecule has 1 heterocycles. The molecule has 0 radical (unpaired) electrons. The third-order valence-corrected chi connectivity index (χ3v) is 3.49. The fraction of sp³-hybridized carbons (Fsp3) is 0.364. The van der Waals surface area contributed by atoms with Crippen LogP contribution in [0.5, 0.6) is 0 Å². The first kappa shape index (κ1) is 10.5. The molecule has 0 aliphatic rings. The van der Waals surface area contributed by atoms with E-state index in [1.165, 1.54) is 15.2 Å². The van der Waals surface area contributed by atoms with Crippen LogP contribution in [-0.4, -0.2) is 16.5 Å². The molecule has 0 amide bonds. The van der Waals surface area contributed by atoms with E-state index in [4.69, 9.17) is 10.2 Å². The summed E-state index contributed by atoms with van der Waals surface area (Å²) in [5.41, 5.74) is 1.17. The van der Waals surface area contributed by atoms with Gasteiger partial charge in [-0.3, -0.25) is 0 Å². The maximum Gasteiger partial charge on any atom is 0.235 e. The van der Waals surface area contributed by atoms with Crippen molar-refractivity contribution in [3.05, 3.63) is 29.3 Å². The van der Waals surface area contributed by atoms with Crippen molar-refractivity contribution >= 4 is 21.6 Å². The molecule has 0 spiro atoms. The van der Waals surface area contributed by atoms with Gasteiger partial charge < -0.3 is 10.2 Å². The topological polar surface area (TPSA) is 44.3 Å². The van der Waals surface area contributed by atoms with Gasteiger partial charge in [-0.2, -0.15) is 4.57 Å². The van der Waals surface area contributed by atoms with Gasteiger partial charge in [0.1, 0.15) is 4.70 Å². The van der Waals surface area contributed by atoms with Gasteiger partial charge in [-0.05, 0) is 6.07 Å². The molecule has 0 bridgehead atoms. The molecule has 3 nitrogen and oxygen atoms in total. The Kier molecular flexibility index (Phi) is 3.00. The summed E-state index contributed by atoms with van der Waals surface area (Å²) in [7, 11) is 0. The van der Waals surface area contributed by atoms with Crippen molar-refractivity contribution in [3.63, 3.8) is 0 Å². The van der Waals surface area contributed by atoms with E-state index in [1.807, 2.05) is 12.1 Å².